The third-order valence-electron chi connectivity index (χ3n) is 7.89. The Morgan fingerprint density at radius 3 is 2.86 bits per heavy atom. The summed E-state index contributed by atoms with van der Waals surface area (Å²) < 4.78 is 17.4. The lowest BCUT2D eigenvalue weighted by atomic mass is 9.59. The molecule has 4 heterocycles. The van der Waals surface area contributed by atoms with E-state index in [1.165, 1.54) is 12.7 Å². The lowest BCUT2D eigenvalue weighted by Crippen LogP contribution is -2.60. The second-order valence-corrected chi connectivity index (χ2v) is 8.84. The van der Waals surface area contributed by atoms with E-state index in [1.807, 2.05) is 6.92 Å². The predicted octanol–water partition coefficient (Wildman–Crippen LogP) is 2.26. The lowest BCUT2D eigenvalue weighted by molar-refractivity contribution is -0.206. The fourth-order valence-corrected chi connectivity index (χ4v) is 6.73. The van der Waals surface area contributed by atoms with Crippen LogP contribution < -0.4 is 5.32 Å². The van der Waals surface area contributed by atoms with E-state index in [9.17, 15) is 4.79 Å². The number of nitrogens with zero attached hydrogens (tertiary/aromatic N) is 1. The summed E-state index contributed by atoms with van der Waals surface area (Å²) in [7, 11) is 1.49. The minimum absolute atomic E-state index is 0.0693. The molecule has 148 valence electrons. The molecular formula is C22H26N2O4. The maximum atomic E-state index is 13.1. The molecule has 0 radical (unpaired) electrons. The number of carbonyl (C=O) groups is 1. The number of para-hydroxylation sites is 1. The fraction of sp³-hybridized carbons (Fsp3) is 0.591. The van der Waals surface area contributed by atoms with Crippen LogP contribution in [0.2, 0.25) is 0 Å². The summed E-state index contributed by atoms with van der Waals surface area (Å²) in [5.74, 6) is -0.692. The Kier molecular flexibility index (Phi) is 3.39. The van der Waals surface area contributed by atoms with Gasteiger partial charge in [0, 0.05) is 35.8 Å². The average Bonchev–Trinajstić information content (AvgIpc) is 3.41. The molecule has 0 unspecified atom stereocenters. The number of anilines is 1. The molecule has 0 saturated carbocycles. The van der Waals surface area contributed by atoms with Gasteiger partial charge in [0.25, 0.3) is 0 Å². The van der Waals surface area contributed by atoms with E-state index in [0.29, 0.717) is 19.3 Å². The third-order valence-corrected chi connectivity index (χ3v) is 7.89. The molecule has 4 aliphatic heterocycles. The highest BCUT2D eigenvalue weighted by Crippen LogP contribution is 2.62. The molecule has 3 saturated heterocycles. The average molecular weight is 382 g/mol. The predicted molar refractivity (Wildman–Crippen MR) is 103 cm³/mol. The van der Waals surface area contributed by atoms with E-state index in [1.54, 1.807) is 0 Å². The highest BCUT2D eigenvalue weighted by Gasteiger charge is 2.65. The second kappa shape index (κ2) is 5.59. The number of methoxy groups -OCH3 is 1. The Morgan fingerprint density at radius 2 is 2.07 bits per heavy atom. The zero-order valence-corrected chi connectivity index (χ0v) is 16.4. The summed E-state index contributed by atoms with van der Waals surface area (Å²) in [5, 5.41) is 3.64. The van der Waals surface area contributed by atoms with Crippen LogP contribution in [0.1, 0.15) is 25.3 Å². The molecule has 6 heteroatoms. The molecule has 0 aromatic heterocycles. The van der Waals surface area contributed by atoms with Gasteiger partial charge in [-0.15, -0.1) is 0 Å². The van der Waals surface area contributed by atoms with Crippen molar-refractivity contribution in [2.45, 2.75) is 37.0 Å². The molecule has 6 nitrogen and oxygen atoms in total. The number of hydrogen-bond acceptors (Lipinski definition) is 6. The largest absolute Gasteiger partial charge is 0.466 e. The molecule has 1 aromatic carbocycles. The Bertz CT molecular complexity index is 890. The van der Waals surface area contributed by atoms with Crippen LogP contribution in [-0.2, 0) is 24.4 Å². The van der Waals surface area contributed by atoms with E-state index in [2.05, 4.69) is 34.5 Å². The van der Waals surface area contributed by atoms with Gasteiger partial charge in [0.05, 0.1) is 31.3 Å². The zero-order valence-electron chi connectivity index (χ0n) is 16.4. The molecule has 3 fully saturated rings. The smallest absolute Gasteiger partial charge is 0.335 e. The van der Waals surface area contributed by atoms with Gasteiger partial charge in [0.1, 0.15) is 0 Å². The quantitative estimate of drug-likeness (QED) is 0.792. The molecule has 1 N–H and O–H groups in total. The standard InChI is InChI=1S/C22H26N2O4/c1-21(27-9-10-28-21)15-12-24-8-7-22-14-5-3-4-6-16(14)23-19(22)18(20(25)26-2)13(15)11-17(22)24/h3-6,13,15,17,23H,7-12H2,1-2H3/t13-,15-,17-,22+/m0/s1. The fourth-order valence-electron chi connectivity index (χ4n) is 6.73. The Morgan fingerprint density at radius 1 is 1.29 bits per heavy atom. The monoisotopic (exact) mass is 382 g/mol. The summed E-state index contributed by atoms with van der Waals surface area (Å²) in [6, 6.07) is 8.92. The maximum absolute atomic E-state index is 13.1. The normalized spacial score (nSPS) is 37.4. The number of rotatable bonds is 2. The first-order valence-corrected chi connectivity index (χ1v) is 10.3. The van der Waals surface area contributed by atoms with Crippen LogP contribution in [0, 0.1) is 11.8 Å². The zero-order chi connectivity index (χ0) is 19.1. The molecule has 2 bridgehead atoms. The highest BCUT2D eigenvalue weighted by atomic mass is 16.7. The molecule has 1 aromatic rings. The van der Waals surface area contributed by atoms with Gasteiger partial charge in [-0.05, 0) is 37.9 Å². The molecule has 28 heavy (non-hydrogen) atoms. The highest BCUT2D eigenvalue weighted by molar-refractivity contribution is 5.93. The molecule has 6 rings (SSSR count). The van der Waals surface area contributed by atoms with Crippen molar-refractivity contribution >= 4 is 11.7 Å². The Balaban J connectivity index is 1.57. The van der Waals surface area contributed by atoms with E-state index >= 15 is 0 Å². The van der Waals surface area contributed by atoms with Crippen LogP contribution in [0.25, 0.3) is 0 Å². The van der Waals surface area contributed by atoms with Crippen molar-refractivity contribution in [3.8, 4) is 0 Å². The number of fused-ring (bicyclic) bond motifs is 2. The van der Waals surface area contributed by atoms with Crippen LogP contribution in [0.15, 0.2) is 35.5 Å². The van der Waals surface area contributed by atoms with Crippen molar-refractivity contribution in [1.29, 1.82) is 0 Å². The summed E-state index contributed by atoms with van der Waals surface area (Å²) in [4.78, 5) is 15.7. The summed E-state index contributed by atoms with van der Waals surface area (Å²) in [5.41, 5.74) is 4.21. The first kappa shape index (κ1) is 17.0. The van der Waals surface area contributed by atoms with Gasteiger partial charge in [-0.3, -0.25) is 4.90 Å². The number of hydrogen-bond donors (Lipinski definition) is 1. The Labute approximate surface area is 164 Å². The number of benzene rings is 1. The topological polar surface area (TPSA) is 60.0 Å². The SMILES string of the molecule is COC(=O)C1=C2Nc3ccccc3[C@@]23CCN2C[C@H](C4(C)OCCO4)[C@@H]1C[C@H]23. The van der Waals surface area contributed by atoms with Crippen LogP contribution in [0.3, 0.4) is 0 Å². The number of carbonyl (C=O) groups excluding carboxylic acids is 1. The van der Waals surface area contributed by atoms with Crippen LogP contribution in [0.4, 0.5) is 5.69 Å². The van der Waals surface area contributed by atoms with E-state index < -0.39 is 5.79 Å². The minimum Gasteiger partial charge on any atom is -0.466 e. The molecule has 4 atom stereocenters. The summed E-state index contributed by atoms with van der Waals surface area (Å²) in [6.07, 6.45) is 1.96. The van der Waals surface area contributed by atoms with Gasteiger partial charge in [-0.2, -0.15) is 0 Å². The van der Waals surface area contributed by atoms with Crippen LogP contribution in [-0.4, -0.2) is 56.1 Å². The van der Waals surface area contributed by atoms with Gasteiger partial charge in [0.15, 0.2) is 5.79 Å². The van der Waals surface area contributed by atoms with Gasteiger partial charge >= 0.3 is 5.97 Å². The number of nitrogens with one attached hydrogen (secondary N) is 1. The van der Waals surface area contributed by atoms with Crippen molar-refractivity contribution in [3.63, 3.8) is 0 Å². The molecule has 1 spiro atoms. The number of ether oxygens (including phenoxy) is 3. The van der Waals surface area contributed by atoms with Gasteiger partial charge in [0.2, 0.25) is 0 Å². The molecule has 5 aliphatic rings. The maximum Gasteiger partial charge on any atom is 0.335 e. The van der Waals surface area contributed by atoms with E-state index in [4.69, 9.17) is 14.2 Å². The van der Waals surface area contributed by atoms with Gasteiger partial charge in [-0.25, -0.2) is 4.79 Å². The van der Waals surface area contributed by atoms with Crippen molar-refractivity contribution in [3.05, 3.63) is 41.1 Å². The van der Waals surface area contributed by atoms with E-state index in [-0.39, 0.29) is 23.2 Å². The van der Waals surface area contributed by atoms with Gasteiger partial charge in [-0.1, -0.05) is 18.2 Å². The van der Waals surface area contributed by atoms with Gasteiger partial charge < -0.3 is 19.5 Å². The van der Waals surface area contributed by atoms with Crippen molar-refractivity contribution in [2.75, 3.05) is 38.7 Å². The number of esters is 1. The molecular weight excluding hydrogens is 356 g/mol. The first-order chi connectivity index (χ1) is 13.6. The second-order valence-electron chi connectivity index (χ2n) is 8.84. The number of piperidine rings is 1. The molecule has 0 amide bonds. The molecule has 1 aliphatic carbocycles. The Hall–Kier alpha value is -1.89. The minimum atomic E-state index is -0.649. The first-order valence-electron chi connectivity index (χ1n) is 10.3. The van der Waals surface area contributed by atoms with Crippen molar-refractivity contribution in [2.24, 2.45) is 11.8 Å². The van der Waals surface area contributed by atoms with E-state index in [0.717, 1.165) is 42.9 Å². The summed E-state index contributed by atoms with van der Waals surface area (Å²) in [6.45, 7) is 5.18. The van der Waals surface area contributed by atoms with Crippen LogP contribution >= 0.6 is 0 Å². The summed E-state index contributed by atoms with van der Waals surface area (Å²) >= 11 is 0. The lowest BCUT2D eigenvalue weighted by Gasteiger charge is -2.53. The van der Waals surface area contributed by atoms with Crippen molar-refractivity contribution < 1.29 is 19.0 Å². The van der Waals surface area contributed by atoms with Crippen LogP contribution in [0.5, 0.6) is 0 Å². The van der Waals surface area contributed by atoms with Crippen molar-refractivity contribution in [1.82, 2.24) is 4.90 Å². The third kappa shape index (κ3) is 1.91.